The Balaban J connectivity index is 1.82. The molecule has 2 N–H and O–H groups in total. The van der Waals surface area contributed by atoms with Gasteiger partial charge in [0.2, 0.25) is 11.1 Å². The molecular weight excluding hydrogens is 291 g/mol. The lowest BCUT2D eigenvalue weighted by Crippen LogP contribution is -2.29. The smallest absolute Gasteiger partial charge is 0.238 e. The van der Waals surface area contributed by atoms with Crippen molar-refractivity contribution < 1.29 is 9.18 Å². The molecule has 1 atom stereocenters. The molecule has 1 heterocycles. The molecule has 110 valence electrons. The maximum absolute atomic E-state index is 13.1. The van der Waals surface area contributed by atoms with E-state index in [0.29, 0.717) is 11.0 Å². The number of nitrogens with one attached hydrogen (secondary N) is 2. The van der Waals surface area contributed by atoms with Crippen molar-refractivity contribution in [3.8, 4) is 0 Å². The number of amides is 1. The van der Waals surface area contributed by atoms with Gasteiger partial charge in [-0.3, -0.25) is 9.89 Å². The number of aromatic nitrogens is 3. The Morgan fingerprint density at radius 2 is 2.14 bits per heavy atom. The van der Waals surface area contributed by atoms with Gasteiger partial charge >= 0.3 is 0 Å². The van der Waals surface area contributed by atoms with Crippen molar-refractivity contribution in [2.45, 2.75) is 36.2 Å². The first-order valence-electron chi connectivity index (χ1n) is 6.73. The van der Waals surface area contributed by atoms with Gasteiger partial charge in [0.1, 0.15) is 16.9 Å². The monoisotopic (exact) mass is 306 g/mol. The van der Waals surface area contributed by atoms with Gasteiger partial charge in [-0.2, -0.15) is 0 Å². The zero-order valence-corrected chi connectivity index (χ0v) is 12.3. The first kappa shape index (κ1) is 14.1. The average molecular weight is 306 g/mol. The Morgan fingerprint density at radius 3 is 2.71 bits per heavy atom. The highest BCUT2D eigenvalue weighted by Crippen LogP contribution is 2.34. The van der Waals surface area contributed by atoms with Crippen molar-refractivity contribution in [2.75, 3.05) is 0 Å². The number of halogens is 1. The Kier molecular flexibility index (Phi) is 3.92. The van der Waals surface area contributed by atoms with Gasteiger partial charge in [0, 0.05) is 6.04 Å². The molecule has 1 aromatic carbocycles. The van der Waals surface area contributed by atoms with Crippen LogP contribution >= 0.6 is 11.8 Å². The highest BCUT2D eigenvalue weighted by atomic mass is 32.2. The summed E-state index contributed by atoms with van der Waals surface area (Å²) in [6.45, 7) is 1.80. The number of carbonyl (C=O) groups excluding carboxylic acids is 1. The first-order chi connectivity index (χ1) is 10.1. The van der Waals surface area contributed by atoms with E-state index in [-0.39, 0.29) is 17.8 Å². The third-order valence-corrected chi connectivity index (χ3v) is 4.25. The molecular formula is C14H15FN4OS. The fourth-order valence-corrected chi connectivity index (χ4v) is 2.86. The largest absolute Gasteiger partial charge is 0.352 e. The number of benzene rings is 1. The van der Waals surface area contributed by atoms with Gasteiger partial charge in [-0.05, 0) is 37.5 Å². The molecule has 21 heavy (non-hydrogen) atoms. The number of aryl methyl sites for hydroxylation is 1. The summed E-state index contributed by atoms with van der Waals surface area (Å²) in [4.78, 5) is 16.6. The maximum Gasteiger partial charge on any atom is 0.238 e. The Morgan fingerprint density at radius 1 is 1.43 bits per heavy atom. The summed E-state index contributed by atoms with van der Waals surface area (Å²) >= 11 is 1.26. The molecule has 0 aliphatic heterocycles. The van der Waals surface area contributed by atoms with Crippen LogP contribution in [0.3, 0.4) is 0 Å². The van der Waals surface area contributed by atoms with Gasteiger partial charge in [-0.15, -0.1) is 5.10 Å². The van der Waals surface area contributed by atoms with Crippen LogP contribution in [-0.2, 0) is 4.79 Å². The van der Waals surface area contributed by atoms with Gasteiger partial charge in [-0.25, -0.2) is 9.37 Å². The summed E-state index contributed by atoms with van der Waals surface area (Å²) in [7, 11) is 0. The number of rotatable bonds is 5. The number of aromatic amines is 1. The van der Waals surface area contributed by atoms with E-state index in [2.05, 4.69) is 20.5 Å². The van der Waals surface area contributed by atoms with Crippen LogP contribution in [0.4, 0.5) is 4.39 Å². The summed E-state index contributed by atoms with van der Waals surface area (Å²) in [6, 6.07) is 6.24. The number of nitrogens with zero attached hydrogens (tertiary/aromatic N) is 2. The van der Waals surface area contributed by atoms with E-state index in [1.54, 1.807) is 19.1 Å². The van der Waals surface area contributed by atoms with Gasteiger partial charge in [-0.1, -0.05) is 23.9 Å². The number of carbonyl (C=O) groups is 1. The van der Waals surface area contributed by atoms with Crippen molar-refractivity contribution in [2.24, 2.45) is 0 Å². The van der Waals surface area contributed by atoms with Crippen molar-refractivity contribution >= 4 is 17.7 Å². The molecule has 1 aliphatic carbocycles. The molecule has 0 saturated heterocycles. The van der Waals surface area contributed by atoms with Crippen molar-refractivity contribution in [3.05, 3.63) is 41.5 Å². The van der Waals surface area contributed by atoms with E-state index >= 15 is 0 Å². The quantitative estimate of drug-likeness (QED) is 0.832. The molecule has 0 spiro atoms. The van der Waals surface area contributed by atoms with E-state index in [1.165, 1.54) is 23.9 Å². The minimum atomic E-state index is -0.485. The lowest BCUT2D eigenvalue weighted by molar-refractivity contribution is -0.120. The molecule has 1 saturated carbocycles. The molecule has 1 aromatic heterocycles. The standard InChI is InChI=1S/C14H15FN4OS/c1-8-16-14(19-18-8)21-12(13(20)17-11-6-7-11)9-2-4-10(15)5-3-9/h2-5,11-12H,6-7H2,1H3,(H,17,20)(H,16,18,19). The molecule has 1 aliphatic rings. The number of thioether (sulfide) groups is 1. The lowest BCUT2D eigenvalue weighted by atomic mass is 10.1. The highest BCUT2D eigenvalue weighted by Gasteiger charge is 2.29. The second kappa shape index (κ2) is 5.85. The van der Waals surface area contributed by atoms with Crippen molar-refractivity contribution in [1.29, 1.82) is 0 Å². The fraction of sp³-hybridized carbons (Fsp3) is 0.357. The predicted octanol–water partition coefficient (Wildman–Crippen LogP) is 2.36. The molecule has 1 unspecified atom stereocenters. The van der Waals surface area contributed by atoms with E-state index in [9.17, 15) is 9.18 Å². The summed E-state index contributed by atoms with van der Waals surface area (Å²) in [5.41, 5.74) is 0.738. The van der Waals surface area contributed by atoms with Crippen LogP contribution < -0.4 is 5.32 Å². The average Bonchev–Trinajstić information content (AvgIpc) is 3.18. The van der Waals surface area contributed by atoms with E-state index < -0.39 is 5.25 Å². The molecule has 3 rings (SSSR count). The van der Waals surface area contributed by atoms with Crippen LogP contribution in [0.1, 0.15) is 29.5 Å². The topological polar surface area (TPSA) is 70.7 Å². The number of hydrogen-bond acceptors (Lipinski definition) is 4. The van der Waals surface area contributed by atoms with Crippen LogP contribution in [0.25, 0.3) is 0 Å². The zero-order chi connectivity index (χ0) is 14.8. The Labute approximate surface area is 125 Å². The number of H-pyrrole nitrogens is 1. The lowest BCUT2D eigenvalue weighted by Gasteiger charge is -2.15. The van der Waals surface area contributed by atoms with E-state index in [4.69, 9.17) is 0 Å². The minimum absolute atomic E-state index is 0.0865. The van der Waals surface area contributed by atoms with Crippen LogP contribution in [0.2, 0.25) is 0 Å². The first-order valence-corrected chi connectivity index (χ1v) is 7.61. The molecule has 5 nitrogen and oxygen atoms in total. The van der Waals surface area contributed by atoms with Crippen LogP contribution in [0, 0.1) is 12.7 Å². The minimum Gasteiger partial charge on any atom is -0.352 e. The highest BCUT2D eigenvalue weighted by molar-refractivity contribution is 8.00. The normalized spacial score (nSPS) is 15.7. The third kappa shape index (κ3) is 3.60. The summed E-state index contributed by atoms with van der Waals surface area (Å²) in [6.07, 6.45) is 2.04. The van der Waals surface area contributed by atoms with Crippen LogP contribution in [0.15, 0.2) is 29.4 Å². The van der Waals surface area contributed by atoms with Gasteiger partial charge in [0.15, 0.2) is 0 Å². The van der Waals surface area contributed by atoms with Crippen LogP contribution in [-0.4, -0.2) is 27.1 Å². The second-order valence-corrected chi connectivity index (χ2v) is 6.11. The maximum atomic E-state index is 13.1. The fourth-order valence-electron chi connectivity index (χ4n) is 1.90. The Bertz CT molecular complexity index is 639. The van der Waals surface area contributed by atoms with E-state index in [1.807, 2.05) is 0 Å². The van der Waals surface area contributed by atoms with Crippen molar-refractivity contribution in [1.82, 2.24) is 20.5 Å². The van der Waals surface area contributed by atoms with Crippen LogP contribution in [0.5, 0.6) is 0 Å². The van der Waals surface area contributed by atoms with Crippen molar-refractivity contribution in [3.63, 3.8) is 0 Å². The molecule has 0 bridgehead atoms. The molecule has 7 heteroatoms. The zero-order valence-electron chi connectivity index (χ0n) is 11.5. The molecule has 1 fully saturated rings. The van der Waals surface area contributed by atoms with Gasteiger partial charge < -0.3 is 5.32 Å². The van der Waals surface area contributed by atoms with Gasteiger partial charge in [0.25, 0.3) is 0 Å². The second-order valence-electron chi connectivity index (χ2n) is 5.04. The predicted molar refractivity (Wildman–Crippen MR) is 77.3 cm³/mol. The molecule has 2 aromatic rings. The summed E-state index contributed by atoms with van der Waals surface area (Å²) < 4.78 is 13.1. The SMILES string of the molecule is Cc1nc(SC(C(=O)NC2CC2)c2ccc(F)cc2)n[nH]1. The summed E-state index contributed by atoms with van der Waals surface area (Å²) in [5, 5.41) is 9.80. The molecule has 1 amide bonds. The van der Waals surface area contributed by atoms with E-state index in [0.717, 1.165) is 18.4 Å². The molecule has 0 radical (unpaired) electrons. The summed E-state index contributed by atoms with van der Waals surface area (Å²) in [5.74, 6) is 0.286. The van der Waals surface area contributed by atoms with Gasteiger partial charge in [0.05, 0.1) is 0 Å². The third-order valence-electron chi connectivity index (χ3n) is 3.13. The Hall–Kier alpha value is -1.89. The number of hydrogen-bond donors (Lipinski definition) is 2.